The standard InChI is InChI=1S/C13H12N3O2S/c1-10-3-2-4-12(9-10)16-19(17,18)13-7-5-11(15-14)6-8-13/h2-9,16H,1H3/q+1. The van der Waals surface area contributed by atoms with E-state index < -0.39 is 10.0 Å². The van der Waals surface area contributed by atoms with Crippen molar-refractivity contribution in [3.05, 3.63) is 59.1 Å². The van der Waals surface area contributed by atoms with E-state index in [0.29, 0.717) is 11.4 Å². The van der Waals surface area contributed by atoms with Crippen LogP contribution in [0.2, 0.25) is 0 Å². The molecule has 1 N–H and O–H groups in total. The van der Waals surface area contributed by atoms with E-state index in [0.717, 1.165) is 5.56 Å². The highest BCUT2D eigenvalue weighted by molar-refractivity contribution is 7.92. The van der Waals surface area contributed by atoms with Crippen molar-refractivity contribution in [1.82, 2.24) is 0 Å². The first-order chi connectivity index (χ1) is 9.01. The highest BCUT2D eigenvalue weighted by Crippen LogP contribution is 2.19. The van der Waals surface area contributed by atoms with Crippen molar-refractivity contribution in [1.29, 1.82) is 5.39 Å². The fourth-order valence-corrected chi connectivity index (χ4v) is 2.66. The van der Waals surface area contributed by atoms with Gasteiger partial charge in [0.2, 0.25) is 5.39 Å². The van der Waals surface area contributed by atoms with E-state index in [1.165, 1.54) is 24.3 Å². The second kappa shape index (κ2) is 5.08. The third-order valence-corrected chi connectivity index (χ3v) is 3.93. The van der Waals surface area contributed by atoms with Crippen LogP contribution in [-0.2, 0) is 10.0 Å². The molecule has 0 radical (unpaired) electrons. The van der Waals surface area contributed by atoms with Crippen LogP contribution in [0, 0.1) is 12.3 Å². The summed E-state index contributed by atoms with van der Waals surface area (Å²) in [5.74, 6) is 0. The van der Waals surface area contributed by atoms with Gasteiger partial charge in [0.1, 0.15) is 0 Å². The maximum Gasteiger partial charge on any atom is 0.385 e. The quantitative estimate of drug-likeness (QED) is 0.873. The fraction of sp³-hybridized carbons (Fsp3) is 0.0769. The van der Waals surface area contributed by atoms with Gasteiger partial charge in [-0.15, -0.1) is 0 Å². The Morgan fingerprint density at radius 2 is 1.79 bits per heavy atom. The molecule has 0 aromatic heterocycles. The largest absolute Gasteiger partial charge is 0.385 e. The van der Waals surface area contributed by atoms with Crippen LogP contribution in [0.5, 0.6) is 0 Å². The lowest BCUT2D eigenvalue weighted by Gasteiger charge is -2.08. The second-order valence-electron chi connectivity index (χ2n) is 4.07. The van der Waals surface area contributed by atoms with Crippen molar-refractivity contribution in [2.24, 2.45) is 0 Å². The summed E-state index contributed by atoms with van der Waals surface area (Å²) in [5.41, 5.74) is 1.78. The number of hydrogen-bond acceptors (Lipinski definition) is 3. The van der Waals surface area contributed by atoms with Crippen molar-refractivity contribution >= 4 is 21.4 Å². The molecule has 0 spiro atoms. The Morgan fingerprint density at radius 1 is 1.11 bits per heavy atom. The van der Waals surface area contributed by atoms with Gasteiger partial charge in [-0.05, 0) is 36.8 Å². The number of nitrogens with one attached hydrogen (secondary N) is 1. The Labute approximate surface area is 111 Å². The zero-order valence-corrected chi connectivity index (χ0v) is 11.1. The predicted molar refractivity (Wildman–Crippen MR) is 73.2 cm³/mol. The van der Waals surface area contributed by atoms with E-state index in [-0.39, 0.29) is 4.90 Å². The minimum absolute atomic E-state index is 0.112. The molecule has 0 aliphatic heterocycles. The monoisotopic (exact) mass is 274 g/mol. The number of diazo groups is 1. The van der Waals surface area contributed by atoms with E-state index >= 15 is 0 Å². The van der Waals surface area contributed by atoms with Crippen LogP contribution < -0.4 is 4.72 Å². The van der Waals surface area contributed by atoms with Gasteiger partial charge in [0, 0.05) is 17.8 Å². The first kappa shape index (κ1) is 13.1. The molecule has 0 unspecified atom stereocenters. The molecule has 2 rings (SSSR count). The molecule has 0 saturated heterocycles. The highest BCUT2D eigenvalue weighted by Gasteiger charge is 2.15. The predicted octanol–water partition coefficient (Wildman–Crippen LogP) is 3.28. The van der Waals surface area contributed by atoms with Gasteiger partial charge in [-0.2, -0.15) is 0 Å². The van der Waals surface area contributed by atoms with Gasteiger partial charge in [0.15, 0.2) is 4.98 Å². The minimum Gasteiger partial charge on any atom is -0.280 e. The van der Waals surface area contributed by atoms with Crippen molar-refractivity contribution in [3.8, 4) is 0 Å². The van der Waals surface area contributed by atoms with Crippen molar-refractivity contribution in [2.45, 2.75) is 11.8 Å². The summed E-state index contributed by atoms with van der Waals surface area (Å²) >= 11 is 0. The lowest BCUT2D eigenvalue weighted by Crippen LogP contribution is -2.12. The summed E-state index contributed by atoms with van der Waals surface area (Å²) in [5, 5.41) is 8.56. The van der Waals surface area contributed by atoms with Gasteiger partial charge in [0.25, 0.3) is 10.0 Å². The zero-order valence-electron chi connectivity index (χ0n) is 10.2. The number of aryl methyl sites for hydroxylation is 1. The maximum atomic E-state index is 12.1. The summed E-state index contributed by atoms with van der Waals surface area (Å²) in [4.78, 5) is 3.09. The smallest absolute Gasteiger partial charge is 0.280 e. The van der Waals surface area contributed by atoms with Crippen LogP contribution in [0.3, 0.4) is 0 Å². The van der Waals surface area contributed by atoms with Gasteiger partial charge in [0.05, 0.1) is 4.90 Å². The van der Waals surface area contributed by atoms with E-state index in [1.807, 2.05) is 13.0 Å². The van der Waals surface area contributed by atoms with Crippen LogP contribution in [0.4, 0.5) is 11.4 Å². The highest BCUT2D eigenvalue weighted by atomic mass is 32.2. The van der Waals surface area contributed by atoms with E-state index in [4.69, 9.17) is 5.39 Å². The summed E-state index contributed by atoms with van der Waals surface area (Å²) in [7, 11) is -3.63. The lowest BCUT2D eigenvalue weighted by atomic mass is 10.2. The second-order valence-corrected chi connectivity index (χ2v) is 5.75. The van der Waals surface area contributed by atoms with Crippen LogP contribution in [0.1, 0.15) is 5.56 Å². The fourth-order valence-electron chi connectivity index (χ4n) is 1.61. The Kier molecular flexibility index (Phi) is 3.49. The van der Waals surface area contributed by atoms with Crippen molar-refractivity contribution in [3.63, 3.8) is 0 Å². The lowest BCUT2D eigenvalue weighted by molar-refractivity contribution is 0.601. The van der Waals surface area contributed by atoms with Crippen LogP contribution >= 0.6 is 0 Å². The molecule has 0 saturated carbocycles. The Bertz CT molecular complexity index is 731. The number of sulfonamides is 1. The van der Waals surface area contributed by atoms with Crippen LogP contribution in [-0.4, -0.2) is 8.42 Å². The molecular formula is C13H12N3O2S+. The topological polar surface area (TPSA) is 74.3 Å². The SMILES string of the molecule is Cc1cccc(NS(=O)(=O)c2ccc([N+]#N)cc2)c1. The summed E-state index contributed by atoms with van der Waals surface area (Å²) in [6.07, 6.45) is 0. The number of rotatable bonds is 3. The molecule has 0 heterocycles. The average molecular weight is 274 g/mol. The summed E-state index contributed by atoms with van der Waals surface area (Å²) in [6, 6.07) is 12.7. The van der Waals surface area contributed by atoms with Crippen LogP contribution in [0.25, 0.3) is 4.98 Å². The Balaban J connectivity index is 2.30. The van der Waals surface area contributed by atoms with E-state index in [1.54, 1.807) is 18.2 Å². The van der Waals surface area contributed by atoms with Crippen molar-refractivity contribution in [2.75, 3.05) is 4.72 Å². The van der Waals surface area contributed by atoms with Crippen molar-refractivity contribution < 1.29 is 8.42 Å². The molecule has 0 fully saturated rings. The normalized spacial score (nSPS) is 10.7. The number of nitrogens with zero attached hydrogens (tertiary/aromatic N) is 2. The third kappa shape index (κ3) is 3.09. The minimum atomic E-state index is -3.63. The molecule has 0 aliphatic rings. The number of anilines is 1. The molecule has 0 amide bonds. The molecule has 0 aliphatic carbocycles. The van der Waals surface area contributed by atoms with E-state index in [9.17, 15) is 8.42 Å². The van der Waals surface area contributed by atoms with Crippen LogP contribution in [0.15, 0.2) is 53.4 Å². The third-order valence-electron chi connectivity index (χ3n) is 2.53. The van der Waals surface area contributed by atoms with Gasteiger partial charge in [-0.1, -0.05) is 12.1 Å². The molecular weight excluding hydrogens is 262 g/mol. The zero-order chi connectivity index (χ0) is 13.9. The Morgan fingerprint density at radius 3 is 2.37 bits per heavy atom. The molecule has 2 aromatic rings. The molecule has 6 heteroatoms. The molecule has 19 heavy (non-hydrogen) atoms. The number of benzene rings is 2. The Hall–Kier alpha value is -2.39. The van der Waals surface area contributed by atoms with E-state index in [2.05, 4.69) is 9.70 Å². The van der Waals surface area contributed by atoms with Gasteiger partial charge in [-0.3, -0.25) is 4.72 Å². The average Bonchev–Trinajstić information content (AvgIpc) is 2.38. The first-order valence-electron chi connectivity index (χ1n) is 5.56. The molecule has 5 nitrogen and oxygen atoms in total. The molecule has 0 atom stereocenters. The first-order valence-corrected chi connectivity index (χ1v) is 7.04. The molecule has 0 bridgehead atoms. The van der Waals surface area contributed by atoms with Gasteiger partial charge in [-0.25, -0.2) is 8.42 Å². The summed E-state index contributed by atoms with van der Waals surface area (Å²) < 4.78 is 26.7. The molecule has 96 valence electrons. The van der Waals surface area contributed by atoms with Gasteiger partial charge >= 0.3 is 5.69 Å². The maximum absolute atomic E-state index is 12.1. The van der Waals surface area contributed by atoms with Gasteiger partial charge < -0.3 is 0 Å². The number of hydrogen-bond donors (Lipinski definition) is 1. The molecule has 2 aromatic carbocycles. The summed E-state index contributed by atoms with van der Waals surface area (Å²) in [6.45, 7) is 1.88.